The zero-order chi connectivity index (χ0) is 31.6. The van der Waals surface area contributed by atoms with Crippen LogP contribution >= 0.6 is 0 Å². The highest BCUT2D eigenvalue weighted by molar-refractivity contribution is 6.22. The number of rotatable bonds is 4. The van der Waals surface area contributed by atoms with E-state index < -0.39 is 0 Å². The summed E-state index contributed by atoms with van der Waals surface area (Å²) >= 11 is 0. The molecule has 3 aromatic heterocycles. The predicted octanol–water partition coefficient (Wildman–Crippen LogP) is 11.0. The summed E-state index contributed by atoms with van der Waals surface area (Å²) in [5.41, 5.74) is 7.65. The Morgan fingerprint density at radius 2 is 0.938 bits per heavy atom. The van der Waals surface area contributed by atoms with Crippen molar-refractivity contribution in [2.45, 2.75) is 0 Å². The number of hydrogen-bond acceptors (Lipinski definition) is 4. The first kappa shape index (κ1) is 26.6. The van der Waals surface area contributed by atoms with Gasteiger partial charge in [-0.25, -0.2) is 15.0 Å². The highest BCUT2D eigenvalue weighted by atomic mass is 16.3. The fraction of sp³-hybridized carbons (Fsp3) is 0. The Morgan fingerprint density at radius 1 is 0.417 bits per heavy atom. The smallest absolute Gasteiger partial charge is 0.164 e. The van der Waals surface area contributed by atoms with Crippen LogP contribution in [0.4, 0.5) is 0 Å². The molecular weight excluding hydrogens is 589 g/mol. The van der Waals surface area contributed by atoms with Crippen LogP contribution in [0.15, 0.2) is 162 Å². The maximum Gasteiger partial charge on any atom is 0.164 e. The number of benzene rings is 7. The third-order valence-corrected chi connectivity index (χ3v) is 9.23. The molecule has 0 amide bonds. The molecule has 0 aliphatic rings. The monoisotopic (exact) mass is 614 g/mol. The first-order chi connectivity index (χ1) is 23.8. The Balaban J connectivity index is 1.32. The molecule has 224 valence electrons. The molecule has 5 nitrogen and oxygen atoms in total. The van der Waals surface area contributed by atoms with E-state index in [1.54, 1.807) is 0 Å². The fourth-order valence-corrected chi connectivity index (χ4v) is 7.08. The second-order valence-corrected chi connectivity index (χ2v) is 12.0. The summed E-state index contributed by atoms with van der Waals surface area (Å²) in [7, 11) is 0. The third-order valence-electron chi connectivity index (χ3n) is 9.23. The number of fused-ring (bicyclic) bond motifs is 8. The number of aromatic nitrogens is 4. The molecule has 0 bridgehead atoms. The van der Waals surface area contributed by atoms with Crippen molar-refractivity contribution in [1.82, 2.24) is 19.5 Å². The van der Waals surface area contributed by atoms with Gasteiger partial charge in [-0.05, 0) is 29.7 Å². The Labute approximate surface area is 275 Å². The molecular formula is C43H26N4O. The molecule has 10 aromatic rings. The number of hydrogen-bond donors (Lipinski definition) is 0. The quantitative estimate of drug-likeness (QED) is 0.198. The molecule has 0 aliphatic carbocycles. The second-order valence-electron chi connectivity index (χ2n) is 12.0. The van der Waals surface area contributed by atoms with Gasteiger partial charge in [-0.1, -0.05) is 133 Å². The Kier molecular flexibility index (Phi) is 5.81. The van der Waals surface area contributed by atoms with Crippen molar-refractivity contribution in [1.29, 1.82) is 0 Å². The van der Waals surface area contributed by atoms with E-state index in [1.807, 2.05) is 60.7 Å². The summed E-state index contributed by atoms with van der Waals surface area (Å²) < 4.78 is 9.34. The van der Waals surface area contributed by atoms with Crippen molar-refractivity contribution in [2.75, 3.05) is 0 Å². The minimum absolute atomic E-state index is 0.600. The molecule has 0 N–H and O–H groups in total. The van der Waals surface area contributed by atoms with Crippen LogP contribution in [0.3, 0.4) is 0 Å². The van der Waals surface area contributed by atoms with Crippen molar-refractivity contribution >= 4 is 54.5 Å². The number of furan rings is 1. The SMILES string of the molecule is c1ccc(-c2nc(-c3ccccc3)nc(-c3cc4ccccc4c4oc5c(-n6c7ccccc7c7ccccc76)cccc5c34)n2)cc1. The Bertz CT molecular complexity index is 2720. The van der Waals surface area contributed by atoms with Gasteiger partial charge in [-0.2, -0.15) is 0 Å². The van der Waals surface area contributed by atoms with Crippen LogP contribution in [0.25, 0.3) is 94.4 Å². The summed E-state index contributed by atoms with van der Waals surface area (Å²) in [4.78, 5) is 15.2. The van der Waals surface area contributed by atoms with Crippen molar-refractivity contribution in [2.24, 2.45) is 0 Å². The average molecular weight is 615 g/mol. The lowest BCUT2D eigenvalue weighted by atomic mass is 9.99. The molecule has 7 aromatic carbocycles. The van der Waals surface area contributed by atoms with Crippen LogP contribution in [-0.4, -0.2) is 19.5 Å². The van der Waals surface area contributed by atoms with Crippen molar-refractivity contribution < 1.29 is 4.42 Å². The lowest BCUT2D eigenvalue weighted by molar-refractivity contribution is 0.670. The molecule has 0 aliphatic heterocycles. The van der Waals surface area contributed by atoms with E-state index in [4.69, 9.17) is 19.4 Å². The minimum atomic E-state index is 0.600. The topological polar surface area (TPSA) is 56.7 Å². The van der Waals surface area contributed by atoms with Gasteiger partial charge in [-0.3, -0.25) is 0 Å². The molecule has 0 unspecified atom stereocenters. The summed E-state index contributed by atoms with van der Waals surface area (Å²) in [6.45, 7) is 0. The molecule has 48 heavy (non-hydrogen) atoms. The summed E-state index contributed by atoms with van der Waals surface area (Å²) in [6, 6.07) is 54.3. The summed E-state index contributed by atoms with van der Waals surface area (Å²) in [5, 5.41) is 6.50. The van der Waals surface area contributed by atoms with Crippen molar-refractivity contribution in [3.63, 3.8) is 0 Å². The predicted molar refractivity (Wildman–Crippen MR) is 195 cm³/mol. The average Bonchev–Trinajstić information content (AvgIpc) is 3.72. The first-order valence-electron chi connectivity index (χ1n) is 16.0. The number of para-hydroxylation sites is 3. The lowest BCUT2D eigenvalue weighted by Crippen LogP contribution is -2.00. The van der Waals surface area contributed by atoms with E-state index in [1.165, 1.54) is 10.8 Å². The van der Waals surface area contributed by atoms with E-state index in [0.29, 0.717) is 17.5 Å². The standard InChI is InChI=1S/C43H26N4O/c1-3-14-27(15-4-1)41-44-42(28-16-5-2-6-17-28)46-43(45-41)34-26-29-18-7-8-19-30(29)40-38(34)33-22-13-25-37(39(33)48-40)47-35-23-11-9-20-31(35)32-21-10-12-24-36(32)47/h1-26H. The van der Waals surface area contributed by atoms with E-state index in [-0.39, 0.29) is 0 Å². The molecule has 10 rings (SSSR count). The first-order valence-corrected chi connectivity index (χ1v) is 16.0. The van der Waals surface area contributed by atoms with Gasteiger partial charge in [0, 0.05) is 43.6 Å². The van der Waals surface area contributed by atoms with Gasteiger partial charge in [0.15, 0.2) is 23.1 Å². The zero-order valence-corrected chi connectivity index (χ0v) is 25.7. The highest BCUT2D eigenvalue weighted by Gasteiger charge is 2.23. The van der Waals surface area contributed by atoms with Crippen LogP contribution in [0, 0.1) is 0 Å². The Morgan fingerprint density at radius 3 is 1.58 bits per heavy atom. The van der Waals surface area contributed by atoms with Gasteiger partial charge >= 0.3 is 0 Å². The molecule has 3 heterocycles. The van der Waals surface area contributed by atoms with Crippen LogP contribution in [-0.2, 0) is 0 Å². The molecule has 5 heteroatoms. The van der Waals surface area contributed by atoms with Crippen LogP contribution in [0.2, 0.25) is 0 Å². The van der Waals surface area contributed by atoms with Crippen LogP contribution in [0.5, 0.6) is 0 Å². The second kappa shape index (κ2) is 10.5. The van der Waals surface area contributed by atoms with E-state index >= 15 is 0 Å². The van der Waals surface area contributed by atoms with Gasteiger partial charge in [0.25, 0.3) is 0 Å². The molecule has 0 saturated carbocycles. The molecule has 0 spiro atoms. The minimum Gasteiger partial charge on any atom is -0.453 e. The molecule has 0 saturated heterocycles. The summed E-state index contributed by atoms with van der Waals surface area (Å²) in [6.07, 6.45) is 0. The maximum absolute atomic E-state index is 7.02. The van der Waals surface area contributed by atoms with E-state index in [0.717, 1.165) is 66.1 Å². The fourth-order valence-electron chi connectivity index (χ4n) is 7.08. The summed E-state index contributed by atoms with van der Waals surface area (Å²) in [5.74, 6) is 1.85. The maximum atomic E-state index is 7.02. The lowest BCUT2D eigenvalue weighted by Gasteiger charge is -2.10. The third kappa shape index (κ3) is 4.01. The van der Waals surface area contributed by atoms with Gasteiger partial charge in [0.1, 0.15) is 5.58 Å². The molecule has 0 radical (unpaired) electrons. The van der Waals surface area contributed by atoms with Gasteiger partial charge in [0.05, 0.1) is 16.7 Å². The highest BCUT2D eigenvalue weighted by Crippen LogP contribution is 2.44. The largest absolute Gasteiger partial charge is 0.453 e. The zero-order valence-electron chi connectivity index (χ0n) is 25.7. The van der Waals surface area contributed by atoms with Crippen LogP contribution < -0.4 is 0 Å². The molecule has 0 fully saturated rings. The number of nitrogens with zero attached hydrogens (tertiary/aromatic N) is 4. The van der Waals surface area contributed by atoms with Crippen molar-refractivity contribution in [3.05, 3.63) is 158 Å². The normalized spacial score (nSPS) is 11.8. The van der Waals surface area contributed by atoms with E-state index in [9.17, 15) is 0 Å². The van der Waals surface area contributed by atoms with Gasteiger partial charge < -0.3 is 8.98 Å². The van der Waals surface area contributed by atoms with Crippen LogP contribution in [0.1, 0.15) is 0 Å². The van der Waals surface area contributed by atoms with E-state index in [2.05, 4.69) is 102 Å². The Hall–Kier alpha value is -6.59. The van der Waals surface area contributed by atoms with Gasteiger partial charge in [0.2, 0.25) is 0 Å². The van der Waals surface area contributed by atoms with Gasteiger partial charge in [-0.15, -0.1) is 0 Å². The van der Waals surface area contributed by atoms with Crippen molar-refractivity contribution in [3.8, 4) is 39.9 Å². The molecule has 0 atom stereocenters.